The number of carbonyl (C=O) groups is 5. The molecule has 6 atom stereocenters. The van der Waals surface area contributed by atoms with Gasteiger partial charge in [-0.2, -0.15) is 0 Å². The summed E-state index contributed by atoms with van der Waals surface area (Å²) in [6.07, 6.45) is 8.76. The van der Waals surface area contributed by atoms with Crippen LogP contribution >= 0.6 is 11.3 Å². The molecule has 5 aliphatic rings. The molecule has 2 saturated carbocycles. The maximum atomic E-state index is 14.7. The first-order valence-corrected chi connectivity index (χ1v) is 21.8. The van der Waals surface area contributed by atoms with E-state index in [2.05, 4.69) is 15.0 Å². The van der Waals surface area contributed by atoms with Gasteiger partial charge < -0.3 is 19.9 Å². The number of carbonyl (C=O) groups excluding carboxylic acids is 5. The van der Waals surface area contributed by atoms with Crippen molar-refractivity contribution in [3.05, 3.63) is 46.8 Å². The molecule has 1 aromatic heterocycles. The number of ether oxygens (including phenoxy) is 1. The minimum atomic E-state index is -3.89. The summed E-state index contributed by atoms with van der Waals surface area (Å²) in [6, 6.07) is 6.37. The molecule has 0 unspecified atom stereocenters. The summed E-state index contributed by atoms with van der Waals surface area (Å²) in [4.78, 5) is 78.3. The van der Waals surface area contributed by atoms with Crippen LogP contribution in [0.3, 0.4) is 0 Å². The SMILES string of the molecule is COc1ccc(-c2csc(C(=O)N3C[C@H]4CN5C(=O)[C@@H](CC(=O)C(C)(C)C)CCCCC/C=C\[C@@H]6C[C@@]6(C(=O)NS(=O)(=O)C6CC6)NC(=O)[C@@H]5[C@H]4C3)n2)cc1. The maximum Gasteiger partial charge on any atom is 0.282 e. The van der Waals surface area contributed by atoms with Gasteiger partial charge in [-0.1, -0.05) is 45.8 Å². The van der Waals surface area contributed by atoms with Gasteiger partial charge >= 0.3 is 0 Å². The van der Waals surface area contributed by atoms with Crippen molar-refractivity contribution in [2.75, 3.05) is 26.7 Å². The highest BCUT2D eigenvalue weighted by Crippen LogP contribution is 2.47. The number of methoxy groups -OCH3 is 1. The number of hydrogen-bond acceptors (Lipinski definition) is 10. The van der Waals surface area contributed by atoms with Crippen molar-refractivity contribution in [3.8, 4) is 17.0 Å². The molecule has 55 heavy (non-hydrogen) atoms. The smallest absolute Gasteiger partial charge is 0.282 e. The van der Waals surface area contributed by atoms with Gasteiger partial charge in [-0.05, 0) is 62.8 Å². The minimum Gasteiger partial charge on any atom is -0.497 e. The van der Waals surface area contributed by atoms with Gasteiger partial charge in [0, 0.05) is 66.1 Å². The number of fused-ring (bicyclic) bond motifs is 4. The summed E-state index contributed by atoms with van der Waals surface area (Å²) in [6.45, 7) is 6.21. The Balaban J connectivity index is 1.17. The second-order valence-corrected chi connectivity index (χ2v) is 19.7. The molecule has 2 N–H and O–H groups in total. The van der Waals surface area contributed by atoms with E-state index in [4.69, 9.17) is 4.74 Å². The van der Waals surface area contributed by atoms with Crippen molar-refractivity contribution in [2.45, 2.75) is 95.4 Å². The van der Waals surface area contributed by atoms with Crippen molar-refractivity contribution in [1.29, 1.82) is 0 Å². The highest BCUT2D eigenvalue weighted by atomic mass is 32.2. The zero-order valence-corrected chi connectivity index (χ0v) is 33.5. The molecule has 2 aliphatic carbocycles. The zero-order chi connectivity index (χ0) is 39.3. The van der Waals surface area contributed by atoms with Crippen molar-refractivity contribution < 1.29 is 37.1 Å². The Kier molecular flexibility index (Phi) is 10.7. The third-order valence-electron chi connectivity index (χ3n) is 11.9. The van der Waals surface area contributed by atoms with E-state index < -0.39 is 61.8 Å². The average Bonchev–Trinajstić information content (AvgIpc) is 3.97. The summed E-state index contributed by atoms with van der Waals surface area (Å²) in [5.41, 5.74) is -0.640. The number of Topliss-reactive ketones (excluding diaryl/α,β-unsaturated/α-hetero) is 1. The molecule has 3 aliphatic heterocycles. The van der Waals surface area contributed by atoms with Crippen LogP contribution in [0.5, 0.6) is 5.75 Å². The summed E-state index contributed by atoms with van der Waals surface area (Å²) in [5.74, 6) is -2.93. The predicted octanol–water partition coefficient (Wildman–Crippen LogP) is 4.34. The standard InChI is InChI=1S/C40H51N5O8S2/c1-39(2,3)32(46)18-25-10-8-6-5-7-9-11-27-19-40(27,38(50)43-55(51,52)29-16-17-29)42-34(47)33-30-22-44(20-26(30)21-45(33)36(25)48)37(49)35-41-31(23-54-35)24-12-14-28(53-4)15-13-24/h9,11-15,23,25-27,29-30,33H,5-8,10,16-22H2,1-4H3,(H,42,47)(H,43,50)/b11-9-/t25-,26+,27-,30+,33+,40-/m1/s1. The van der Waals surface area contributed by atoms with Crippen LogP contribution in [0.2, 0.25) is 0 Å². The Hall–Kier alpha value is -4.11. The molecule has 2 saturated heterocycles. The molecule has 13 nitrogen and oxygen atoms in total. The van der Waals surface area contributed by atoms with Gasteiger partial charge in [-0.25, -0.2) is 13.4 Å². The number of nitrogens with zero attached hydrogens (tertiary/aromatic N) is 3. The van der Waals surface area contributed by atoms with Gasteiger partial charge in [0.25, 0.3) is 11.8 Å². The number of nitrogens with one attached hydrogen (secondary N) is 2. The van der Waals surface area contributed by atoms with Gasteiger partial charge in [0.05, 0.1) is 18.1 Å². The highest BCUT2D eigenvalue weighted by molar-refractivity contribution is 7.91. The number of benzene rings is 1. The van der Waals surface area contributed by atoms with Gasteiger partial charge in [0.2, 0.25) is 21.8 Å². The molecular weight excluding hydrogens is 743 g/mol. The Bertz CT molecular complexity index is 1980. The van der Waals surface area contributed by atoms with E-state index in [9.17, 15) is 32.4 Å². The first-order valence-electron chi connectivity index (χ1n) is 19.4. The molecule has 0 radical (unpaired) electrons. The van der Waals surface area contributed by atoms with E-state index in [1.54, 1.807) is 16.9 Å². The van der Waals surface area contributed by atoms with Crippen molar-refractivity contribution in [1.82, 2.24) is 24.8 Å². The number of ketones is 1. The van der Waals surface area contributed by atoms with Gasteiger partial charge in [-0.15, -0.1) is 11.3 Å². The van der Waals surface area contributed by atoms with Crippen LogP contribution in [0.15, 0.2) is 41.8 Å². The van der Waals surface area contributed by atoms with Crippen LogP contribution in [0.1, 0.15) is 88.4 Å². The number of amides is 4. The Morgan fingerprint density at radius 2 is 1.78 bits per heavy atom. The van der Waals surface area contributed by atoms with Crippen LogP contribution in [0.4, 0.5) is 0 Å². The predicted molar refractivity (Wildman–Crippen MR) is 206 cm³/mol. The second kappa shape index (κ2) is 15.1. The lowest BCUT2D eigenvalue weighted by molar-refractivity contribution is -0.145. The molecular formula is C40H51N5O8S2. The molecule has 15 heteroatoms. The van der Waals surface area contributed by atoms with E-state index in [0.29, 0.717) is 42.3 Å². The summed E-state index contributed by atoms with van der Waals surface area (Å²) >= 11 is 1.24. The summed E-state index contributed by atoms with van der Waals surface area (Å²) in [7, 11) is -2.30. The van der Waals surface area contributed by atoms with Crippen LogP contribution < -0.4 is 14.8 Å². The largest absolute Gasteiger partial charge is 0.497 e. The Morgan fingerprint density at radius 1 is 1.04 bits per heavy atom. The first-order chi connectivity index (χ1) is 26.1. The number of allylic oxidation sites excluding steroid dienone is 1. The van der Waals surface area contributed by atoms with Crippen LogP contribution in [-0.4, -0.2) is 96.2 Å². The van der Waals surface area contributed by atoms with Gasteiger partial charge in [0.1, 0.15) is 23.1 Å². The quantitative estimate of drug-likeness (QED) is 0.369. The number of thiazole rings is 1. The van der Waals surface area contributed by atoms with Crippen LogP contribution in [-0.2, 0) is 29.2 Å². The fourth-order valence-electron chi connectivity index (χ4n) is 8.30. The molecule has 4 heterocycles. The van der Waals surface area contributed by atoms with Crippen LogP contribution in [0.25, 0.3) is 11.3 Å². The third kappa shape index (κ3) is 8.09. The van der Waals surface area contributed by atoms with Gasteiger partial charge in [0.15, 0.2) is 5.01 Å². The monoisotopic (exact) mass is 793 g/mol. The zero-order valence-electron chi connectivity index (χ0n) is 31.9. The average molecular weight is 794 g/mol. The fourth-order valence-corrected chi connectivity index (χ4v) is 10.5. The van der Waals surface area contributed by atoms with E-state index in [1.807, 2.05) is 62.6 Å². The number of hydrogen-bond donors (Lipinski definition) is 2. The molecule has 0 spiro atoms. The minimum absolute atomic E-state index is 0.0327. The number of aromatic nitrogens is 1. The molecule has 296 valence electrons. The summed E-state index contributed by atoms with van der Waals surface area (Å²) in [5, 5.41) is 4.47. The molecule has 4 amide bonds. The first kappa shape index (κ1) is 39.1. The third-order valence-corrected chi connectivity index (χ3v) is 14.6. The second-order valence-electron chi connectivity index (χ2n) is 16.9. The molecule has 2 aromatic rings. The Morgan fingerprint density at radius 3 is 2.47 bits per heavy atom. The van der Waals surface area contributed by atoms with E-state index in [0.717, 1.165) is 31.2 Å². The molecule has 4 fully saturated rings. The molecule has 0 bridgehead atoms. The number of rotatable bonds is 8. The fraction of sp³-hybridized carbons (Fsp3) is 0.600. The van der Waals surface area contributed by atoms with Crippen molar-refractivity contribution >= 4 is 50.8 Å². The lowest BCUT2D eigenvalue weighted by Crippen LogP contribution is -2.58. The van der Waals surface area contributed by atoms with Crippen molar-refractivity contribution in [3.63, 3.8) is 0 Å². The highest BCUT2D eigenvalue weighted by Gasteiger charge is 2.63. The lowest BCUT2D eigenvalue weighted by atomic mass is 9.83. The van der Waals surface area contributed by atoms with E-state index >= 15 is 0 Å². The Labute approximate surface area is 326 Å². The van der Waals surface area contributed by atoms with E-state index in [-0.39, 0.29) is 49.4 Å². The summed E-state index contributed by atoms with van der Waals surface area (Å²) < 4.78 is 33.3. The van der Waals surface area contributed by atoms with E-state index in [1.165, 1.54) is 11.3 Å². The molecule has 1 aromatic carbocycles. The van der Waals surface area contributed by atoms with Gasteiger partial charge in [-0.3, -0.25) is 28.7 Å². The van der Waals surface area contributed by atoms with Crippen LogP contribution in [0, 0.1) is 29.1 Å². The molecule has 7 rings (SSSR count). The maximum absolute atomic E-state index is 14.7. The normalized spacial score (nSPS) is 29.2. The number of sulfonamides is 1. The topological polar surface area (TPSA) is 172 Å². The number of likely N-dealkylation sites (tertiary alicyclic amines) is 1. The van der Waals surface area contributed by atoms with Crippen molar-refractivity contribution in [2.24, 2.45) is 29.1 Å². The lowest BCUT2D eigenvalue weighted by Gasteiger charge is -2.33.